The maximum Gasteiger partial charge on any atom is 0.233 e. The number of aromatic nitrogens is 2. The summed E-state index contributed by atoms with van der Waals surface area (Å²) < 4.78 is 6.18. The number of hydrogen-bond donors (Lipinski definition) is 2. The van der Waals surface area contributed by atoms with Gasteiger partial charge in [-0.05, 0) is 32.7 Å². The van der Waals surface area contributed by atoms with Crippen molar-refractivity contribution >= 4 is 34.1 Å². The van der Waals surface area contributed by atoms with Crippen LogP contribution in [0.3, 0.4) is 0 Å². The molecular formula is C15H25N5O2S2. The molecule has 0 aromatic carbocycles. The van der Waals surface area contributed by atoms with E-state index in [0.29, 0.717) is 6.04 Å². The minimum atomic E-state index is -0.132. The van der Waals surface area contributed by atoms with Gasteiger partial charge in [-0.15, -0.1) is 10.2 Å². The van der Waals surface area contributed by atoms with Crippen LogP contribution in [0.1, 0.15) is 26.2 Å². The number of thioether (sulfide) groups is 1. The van der Waals surface area contributed by atoms with Crippen molar-refractivity contribution in [2.75, 3.05) is 44.7 Å². The Morgan fingerprint density at radius 3 is 2.96 bits per heavy atom. The first kappa shape index (κ1) is 17.9. The molecule has 1 aromatic heterocycles. The molecule has 9 heteroatoms. The summed E-state index contributed by atoms with van der Waals surface area (Å²) in [7, 11) is 0. The second-order valence-corrected chi connectivity index (χ2v) is 8.72. The van der Waals surface area contributed by atoms with Crippen LogP contribution in [0.5, 0.6) is 0 Å². The van der Waals surface area contributed by atoms with Crippen LogP contribution >= 0.6 is 23.1 Å². The number of morpholine rings is 1. The van der Waals surface area contributed by atoms with Gasteiger partial charge in [0.2, 0.25) is 11.0 Å². The van der Waals surface area contributed by atoms with Gasteiger partial charge in [-0.25, -0.2) is 0 Å². The number of carbonyl (C=O) groups is 1. The number of anilines is 1. The molecule has 1 amide bonds. The van der Waals surface area contributed by atoms with Gasteiger partial charge in [-0.2, -0.15) is 0 Å². The second-order valence-electron chi connectivity index (χ2n) is 6.15. The van der Waals surface area contributed by atoms with Crippen LogP contribution in [0, 0.1) is 0 Å². The fourth-order valence-electron chi connectivity index (χ4n) is 2.40. The molecule has 0 bridgehead atoms. The predicted octanol–water partition coefficient (Wildman–Crippen LogP) is 1.43. The van der Waals surface area contributed by atoms with Crippen molar-refractivity contribution in [2.24, 2.45) is 0 Å². The molecule has 0 spiro atoms. The highest BCUT2D eigenvalue weighted by atomic mass is 32.2. The van der Waals surface area contributed by atoms with Crippen molar-refractivity contribution in [3.05, 3.63) is 0 Å². The van der Waals surface area contributed by atoms with Gasteiger partial charge in [0.25, 0.3) is 0 Å². The van der Waals surface area contributed by atoms with Gasteiger partial charge in [0.15, 0.2) is 4.34 Å². The van der Waals surface area contributed by atoms with Gasteiger partial charge in [0, 0.05) is 25.7 Å². The fraction of sp³-hybridized carbons (Fsp3) is 0.800. The first-order valence-electron chi connectivity index (χ1n) is 8.55. The summed E-state index contributed by atoms with van der Waals surface area (Å²) in [6.45, 7) is 7.62. The van der Waals surface area contributed by atoms with E-state index in [1.54, 1.807) is 0 Å². The van der Waals surface area contributed by atoms with Gasteiger partial charge in [0.05, 0.1) is 18.5 Å². The van der Waals surface area contributed by atoms with Crippen LogP contribution in [0.15, 0.2) is 4.34 Å². The Morgan fingerprint density at radius 1 is 1.42 bits per heavy atom. The molecule has 1 aliphatic heterocycles. The zero-order chi connectivity index (χ0) is 16.8. The number of carbonyl (C=O) groups excluding carboxylic acids is 1. The largest absolute Gasteiger partial charge is 0.379 e. The predicted molar refractivity (Wildman–Crippen MR) is 96.8 cm³/mol. The first-order chi connectivity index (χ1) is 11.7. The number of ether oxygens (including phenoxy) is 1. The van der Waals surface area contributed by atoms with Crippen LogP contribution in [0.2, 0.25) is 0 Å². The molecule has 2 fully saturated rings. The molecule has 134 valence electrons. The first-order valence-corrected chi connectivity index (χ1v) is 10.2. The Labute approximate surface area is 150 Å². The second kappa shape index (κ2) is 8.98. The third-order valence-electron chi connectivity index (χ3n) is 4.01. The van der Waals surface area contributed by atoms with Gasteiger partial charge in [-0.1, -0.05) is 23.1 Å². The summed E-state index contributed by atoms with van der Waals surface area (Å²) in [5, 5.41) is 15.4. The number of nitrogens with one attached hydrogen (secondary N) is 2. The van der Waals surface area contributed by atoms with E-state index in [-0.39, 0.29) is 11.2 Å². The average Bonchev–Trinajstić information content (AvgIpc) is 3.30. The molecule has 24 heavy (non-hydrogen) atoms. The van der Waals surface area contributed by atoms with Gasteiger partial charge in [-0.3, -0.25) is 9.69 Å². The summed E-state index contributed by atoms with van der Waals surface area (Å²) in [4.78, 5) is 14.4. The number of rotatable bonds is 9. The number of amides is 1. The number of hydrogen-bond acceptors (Lipinski definition) is 8. The lowest BCUT2D eigenvalue weighted by molar-refractivity contribution is -0.120. The lowest BCUT2D eigenvalue weighted by Gasteiger charge is -2.26. The topological polar surface area (TPSA) is 79.4 Å². The van der Waals surface area contributed by atoms with Crippen molar-refractivity contribution in [2.45, 2.75) is 41.8 Å². The highest BCUT2D eigenvalue weighted by Crippen LogP contribution is 2.29. The molecular weight excluding hydrogens is 346 g/mol. The Hall–Kier alpha value is -0.900. The average molecular weight is 372 g/mol. The van der Waals surface area contributed by atoms with Crippen molar-refractivity contribution in [3.8, 4) is 0 Å². The normalized spacial score (nSPS) is 19.9. The zero-order valence-corrected chi connectivity index (χ0v) is 15.6. The molecule has 3 rings (SSSR count). The van der Waals surface area contributed by atoms with E-state index in [9.17, 15) is 4.79 Å². The number of nitrogens with zero attached hydrogens (tertiary/aromatic N) is 3. The van der Waals surface area contributed by atoms with Crippen LogP contribution < -0.4 is 10.6 Å². The van der Waals surface area contributed by atoms with Crippen molar-refractivity contribution in [1.82, 2.24) is 20.4 Å². The van der Waals surface area contributed by atoms with Crippen molar-refractivity contribution in [3.63, 3.8) is 0 Å². The molecule has 1 saturated carbocycles. The lowest BCUT2D eigenvalue weighted by atomic mass is 10.3. The molecule has 0 radical (unpaired) electrons. The Balaban J connectivity index is 1.33. The molecule has 7 nitrogen and oxygen atoms in total. The van der Waals surface area contributed by atoms with Gasteiger partial charge >= 0.3 is 0 Å². The molecule has 2 N–H and O–H groups in total. The van der Waals surface area contributed by atoms with E-state index in [0.717, 1.165) is 68.1 Å². The fourth-order valence-corrected chi connectivity index (χ4v) is 4.33. The monoisotopic (exact) mass is 371 g/mol. The van der Waals surface area contributed by atoms with E-state index >= 15 is 0 Å². The minimum Gasteiger partial charge on any atom is -0.379 e. The summed E-state index contributed by atoms with van der Waals surface area (Å²) in [6, 6.07) is 0.402. The van der Waals surface area contributed by atoms with Crippen LogP contribution in [0.4, 0.5) is 5.13 Å². The summed E-state index contributed by atoms with van der Waals surface area (Å²) in [5.41, 5.74) is 0. The van der Waals surface area contributed by atoms with E-state index in [4.69, 9.17) is 4.74 Å². The highest BCUT2D eigenvalue weighted by molar-refractivity contribution is 8.02. The summed E-state index contributed by atoms with van der Waals surface area (Å²) in [5.74, 6) is 0.0951. The third-order valence-corrected chi connectivity index (χ3v) is 6.07. The Kier molecular flexibility index (Phi) is 6.70. The van der Waals surface area contributed by atoms with Gasteiger partial charge < -0.3 is 15.4 Å². The van der Waals surface area contributed by atoms with E-state index in [2.05, 4.69) is 25.7 Å². The molecule has 1 saturated heterocycles. The highest BCUT2D eigenvalue weighted by Gasteiger charge is 2.26. The van der Waals surface area contributed by atoms with Crippen molar-refractivity contribution < 1.29 is 9.53 Å². The lowest BCUT2D eigenvalue weighted by Crippen LogP contribution is -2.37. The molecule has 0 unspecified atom stereocenters. The van der Waals surface area contributed by atoms with E-state index < -0.39 is 0 Å². The Bertz CT molecular complexity index is 532. The molecule has 1 atom stereocenters. The SMILES string of the molecule is C[C@H](Sc1nnc(NCCCN2CCOCC2)s1)C(=O)NC1CC1. The van der Waals surface area contributed by atoms with E-state index in [1.165, 1.54) is 23.1 Å². The van der Waals surface area contributed by atoms with E-state index in [1.807, 2.05) is 6.92 Å². The third kappa shape index (κ3) is 5.87. The van der Waals surface area contributed by atoms with Gasteiger partial charge in [0.1, 0.15) is 0 Å². The summed E-state index contributed by atoms with van der Waals surface area (Å²) >= 11 is 2.99. The maximum absolute atomic E-state index is 12.0. The molecule has 2 heterocycles. The quantitative estimate of drug-likeness (QED) is 0.502. The van der Waals surface area contributed by atoms with Crippen LogP contribution in [-0.4, -0.2) is 71.7 Å². The summed E-state index contributed by atoms with van der Waals surface area (Å²) in [6.07, 6.45) is 3.29. The maximum atomic E-state index is 12.0. The van der Waals surface area contributed by atoms with Crippen LogP contribution in [-0.2, 0) is 9.53 Å². The zero-order valence-electron chi connectivity index (χ0n) is 14.0. The van der Waals surface area contributed by atoms with Crippen molar-refractivity contribution in [1.29, 1.82) is 0 Å². The smallest absolute Gasteiger partial charge is 0.233 e. The molecule has 2 aliphatic rings. The Morgan fingerprint density at radius 2 is 2.21 bits per heavy atom. The van der Waals surface area contributed by atoms with Crippen LogP contribution in [0.25, 0.3) is 0 Å². The molecule has 1 aliphatic carbocycles. The standard InChI is InChI=1S/C15H25N5O2S2/c1-11(13(21)17-12-3-4-12)23-15-19-18-14(24-15)16-5-2-6-20-7-9-22-10-8-20/h11-12H,2-10H2,1H3,(H,16,18)(H,17,21)/t11-/m0/s1. The molecule has 1 aromatic rings. The minimum absolute atomic E-state index is 0.0951.